The molecule has 3 heteroatoms. The van der Waals surface area contributed by atoms with Gasteiger partial charge in [-0.1, -0.05) is 24.3 Å². The van der Waals surface area contributed by atoms with Crippen LogP contribution in [0, 0.1) is 19.7 Å². The highest BCUT2D eigenvalue weighted by Crippen LogP contribution is 2.25. The zero-order valence-electron chi connectivity index (χ0n) is 10.5. The van der Waals surface area contributed by atoms with Crippen molar-refractivity contribution in [2.45, 2.75) is 20.4 Å². The predicted octanol–water partition coefficient (Wildman–Crippen LogP) is 3.99. The molecule has 2 aromatic carbocycles. The van der Waals surface area contributed by atoms with Gasteiger partial charge < -0.3 is 5.73 Å². The minimum Gasteiger partial charge on any atom is -0.326 e. The highest BCUT2D eigenvalue weighted by atomic mass is 35.5. The van der Waals surface area contributed by atoms with Crippen molar-refractivity contribution in [3.63, 3.8) is 0 Å². The molecule has 0 aromatic heterocycles. The van der Waals surface area contributed by atoms with Crippen LogP contribution in [0.4, 0.5) is 4.39 Å². The molecule has 0 unspecified atom stereocenters. The molecule has 0 aliphatic heterocycles. The van der Waals surface area contributed by atoms with E-state index in [1.54, 1.807) is 12.1 Å². The van der Waals surface area contributed by atoms with Gasteiger partial charge in [0.2, 0.25) is 0 Å². The van der Waals surface area contributed by atoms with Crippen molar-refractivity contribution in [1.82, 2.24) is 0 Å². The summed E-state index contributed by atoms with van der Waals surface area (Å²) in [5, 5.41) is 0. The van der Waals surface area contributed by atoms with E-state index in [4.69, 9.17) is 5.73 Å². The summed E-state index contributed by atoms with van der Waals surface area (Å²) in [7, 11) is 0. The SMILES string of the molecule is Cc1cc(-c2cccc(F)c2)cc(C)c1CN.Cl. The Morgan fingerprint density at radius 2 is 1.61 bits per heavy atom. The lowest BCUT2D eigenvalue weighted by Crippen LogP contribution is -2.02. The topological polar surface area (TPSA) is 26.0 Å². The first-order valence-electron chi connectivity index (χ1n) is 5.68. The molecule has 0 heterocycles. The molecule has 1 nitrogen and oxygen atoms in total. The summed E-state index contributed by atoms with van der Waals surface area (Å²) in [6.07, 6.45) is 0. The molecule has 0 radical (unpaired) electrons. The molecule has 0 aliphatic rings. The van der Waals surface area contributed by atoms with Crippen molar-refractivity contribution in [2.75, 3.05) is 0 Å². The lowest BCUT2D eigenvalue weighted by molar-refractivity contribution is 0.628. The van der Waals surface area contributed by atoms with Gasteiger partial charge in [0.1, 0.15) is 5.82 Å². The molecule has 2 aromatic rings. The van der Waals surface area contributed by atoms with E-state index in [2.05, 4.69) is 12.1 Å². The first kappa shape index (κ1) is 14.7. The fourth-order valence-electron chi connectivity index (χ4n) is 2.15. The van der Waals surface area contributed by atoms with Gasteiger partial charge in [-0.05, 0) is 53.8 Å². The number of hydrogen-bond donors (Lipinski definition) is 1. The summed E-state index contributed by atoms with van der Waals surface area (Å²) in [6, 6.07) is 10.8. The molecule has 0 saturated carbocycles. The first-order chi connectivity index (χ1) is 8.11. The summed E-state index contributed by atoms with van der Waals surface area (Å²) in [5.41, 5.74) is 11.1. The van der Waals surface area contributed by atoms with Crippen molar-refractivity contribution < 1.29 is 4.39 Å². The largest absolute Gasteiger partial charge is 0.326 e. The Hall–Kier alpha value is -1.38. The molecule has 2 N–H and O–H groups in total. The zero-order valence-corrected chi connectivity index (χ0v) is 11.4. The van der Waals surface area contributed by atoms with Crippen molar-refractivity contribution in [3.05, 3.63) is 58.9 Å². The van der Waals surface area contributed by atoms with E-state index in [0.29, 0.717) is 6.54 Å². The summed E-state index contributed by atoms with van der Waals surface area (Å²) in [5.74, 6) is -0.208. The Labute approximate surface area is 113 Å². The minimum atomic E-state index is -0.208. The van der Waals surface area contributed by atoms with Gasteiger partial charge >= 0.3 is 0 Å². The van der Waals surface area contributed by atoms with Gasteiger partial charge in [-0.3, -0.25) is 0 Å². The third-order valence-electron chi connectivity index (χ3n) is 3.06. The molecule has 0 aliphatic carbocycles. The highest BCUT2D eigenvalue weighted by Gasteiger charge is 2.05. The molecular formula is C15H17ClFN. The summed E-state index contributed by atoms with van der Waals surface area (Å²) in [4.78, 5) is 0. The second-order valence-electron chi connectivity index (χ2n) is 4.30. The maximum Gasteiger partial charge on any atom is 0.123 e. The Balaban J connectivity index is 0.00000162. The van der Waals surface area contributed by atoms with Crippen molar-refractivity contribution in [2.24, 2.45) is 5.73 Å². The maximum atomic E-state index is 13.2. The van der Waals surface area contributed by atoms with Gasteiger partial charge in [0.25, 0.3) is 0 Å². The van der Waals surface area contributed by atoms with E-state index < -0.39 is 0 Å². The second-order valence-corrected chi connectivity index (χ2v) is 4.30. The first-order valence-corrected chi connectivity index (χ1v) is 5.68. The van der Waals surface area contributed by atoms with Crippen LogP contribution in [0.25, 0.3) is 11.1 Å². The molecule has 0 fully saturated rings. The van der Waals surface area contributed by atoms with Gasteiger partial charge in [-0.25, -0.2) is 4.39 Å². The Morgan fingerprint density at radius 3 is 2.11 bits per heavy atom. The predicted molar refractivity (Wildman–Crippen MR) is 76.4 cm³/mol. The Kier molecular flexibility index (Phi) is 4.88. The van der Waals surface area contributed by atoms with E-state index >= 15 is 0 Å². The van der Waals surface area contributed by atoms with E-state index in [1.807, 2.05) is 19.9 Å². The molecular weight excluding hydrogens is 249 g/mol. The fraction of sp³-hybridized carbons (Fsp3) is 0.200. The number of rotatable bonds is 2. The molecule has 96 valence electrons. The number of benzene rings is 2. The molecule has 0 atom stereocenters. The summed E-state index contributed by atoms with van der Waals surface area (Å²) < 4.78 is 13.2. The quantitative estimate of drug-likeness (QED) is 0.873. The monoisotopic (exact) mass is 265 g/mol. The Bertz CT molecular complexity index is 529. The lowest BCUT2D eigenvalue weighted by Gasteiger charge is -2.11. The number of nitrogens with two attached hydrogens (primary N) is 1. The Morgan fingerprint density at radius 1 is 1.00 bits per heavy atom. The second kappa shape index (κ2) is 5.98. The summed E-state index contributed by atoms with van der Waals surface area (Å²) >= 11 is 0. The van der Waals surface area contributed by atoms with Crippen LogP contribution in [0.15, 0.2) is 36.4 Å². The van der Waals surface area contributed by atoms with Crippen LogP contribution in [0.5, 0.6) is 0 Å². The van der Waals surface area contributed by atoms with E-state index in [0.717, 1.165) is 22.3 Å². The van der Waals surface area contributed by atoms with E-state index in [1.165, 1.54) is 11.6 Å². The fourth-order valence-corrected chi connectivity index (χ4v) is 2.15. The summed E-state index contributed by atoms with van der Waals surface area (Å²) in [6.45, 7) is 4.62. The van der Waals surface area contributed by atoms with Crippen LogP contribution >= 0.6 is 12.4 Å². The maximum absolute atomic E-state index is 13.2. The van der Waals surface area contributed by atoms with Gasteiger partial charge in [-0.2, -0.15) is 0 Å². The molecule has 0 amide bonds. The average molecular weight is 266 g/mol. The number of hydrogen-bond acceptors (Lipinski definition) is 1. The van der Waals surface area contributed by atoms with Crippen molar-refractivity contribution in [3.8, 4) is 11.1 Å². The average Bonchev–Trinajstić information content (AvgIpc) is 2.28. The third kappa shape index (κ3) is 2.89. The molecule has 0 spiro atoms. The molecule has 0 saturated heterocycles. The molecule has 18 heavy (non-hydrogen) atoms. The molecule has 0 bridgehead atoms. The number of halogens is 2. The highest BCUT2D eigenvalue weighted by molar-refractivity contribution is 5.85. The normalized spacial score (nSPS) is 10.0. The van der Waals surface area contributed by atoms with Crippen molar-refractivity contribution in [1.29, 1.82) is 0 Å². The van der Waals surface area contributed by atoms with Crippen LogP contribution < -0.4 is 5.73 Å². The van der Waals surface area contributed by atoms with E-state index in [-0.39, 0.29) is 18.2 Å². The lowest BCUT2D eigenvalue weighted by atomic mass is 9.95. The van der Waals surface area contributed by atoms with Gasteiger partial charge in [0.05, 0.1) is 0 Å². The van der Waals surface area contributed by atoms with Crippen molar-refractivity contribution >= 4 is 12.4 Å². The van der Waals surface area contributed by atoms with Gasteiger partial charge in [0, 0.05) is 6.54 Å². The van der Waals surface area contributed by atoms with Gasteiger partial charge in [0.15, 0.2) is 0 Å². The smallest absolute Gasteiger partial charge is 0.123 e. The van der Waals surface area contributed by atoms with Crippen LogP contribution in [0.2, 0.25) is 0 Å². The van der Waals surface area contributed by atoms with Crippen LogP contribution in [-0.2, 0) is 6.54 Å². The van der Waals surface area contributed by atoms with Crippen LogP contribution in [0.3, 0.4) is 0 Å². The third-order valence-corrected chi connectivity index (χ3v) is 3.06. The standard InChI is InChI=1S/C15H16FN.ClH/c1-10-6-13(7-11(2)15(10)9-17)12-4-3-5-14(16)8-12;/h3-8H,9,17H2,1-2H3;1H. The van der Waals surface area contributed by atoms with E-state index in [9.17, 15) is 4.39 Å². The molecule has 2 rings (SSSR count). The number of aryl methyl sites for hydroxylation is 2. The van der Waals surface area contributed by atoms with Crippen LogP contribution in [0.1, 0.15) is 16.7 Å². The zero-order chi connectivity index (χ0) is 12.4. The van der Waals surface area contributed by atoms with Crippen LogP contribution in [-0.4, -0.2) is 0 Å². The van der Waals surface area contributed by atoms with Gasteiger partial charge in [-0.15, -0.1) is 12.4 Å². The minimum absolute atomic E-state index is 0.